The smallest absolute Gasteiger partial charge is 0.218 e. The average molecular weight is 159 g/mol. The molecule has 0 saturated carbocycles. The van der Waals surface area contributed by atoms with Crippen LogP contribution in [0.2, 0.25) is 0 Å². The number of carbonyl (C=O) groups is 1. The summed E-state index contributed by atoms with van der Waals surface area (Å²) in [5.41, 5.74) is 8.05. The molecule has 0 fully saturated rings. The van der Waals surface area contributed by atoms with Gasteiger partial charge in [0.1, 0.15) is 0 Å². The fraction of sp³-hybridized carbons (Fsp3) is 0.857. The standard InChI is InChI=1S/C7H17N3O/c1-3-10(4-2)9-6-5-7(8)11/h9H,3-6H2,1-2H3,(H2,8,11). The van der Waals surface area contributed by atoms with Crippen LogP contribution in [0.25, 0.3) is 0 Å². The average Bonchev–Trinajstić information content (AvgIpc) is 1.98. The van der Waals surface area contributed by atoms with Crippen molar-refractivity contribution in [1.29, 1.82) is 0 Å². The van der Waals surface area contributed by atoms with Crippen molar-refractivity contribution in [3.05, 3.63) is 0 Å². The summed E-state index contributed by atoms with van der Waals surface area (Å²) in [5.74, 6) is -0.260. The fourth-order valence-corrected chi connectivity index (χ4v) is 0.784. The molecule has 0 aromatic heterocycles. The maximum atomic E-state index is 10.3. The Labute approximate surface area is 67.7 Å². The van der Waals surface area contributed by atoms with Gasteiger partial charge in [-0.3, -0.25) is 10.2 Å². The zero-order chi connectivity index (χ0) is 8.69. The number of primary amides is 1. The van der Waals surface area contributed by atoms with Crippen LogP contribution in [0.1, 0.15) is 20.3 Å². The summed E-state index contributed by atoms with van der Waals surface area (Å²) in [6.07, 6.45) is 0.399. The Balaban J connectivity index is 3.28. The summed E-state index contributed by atoms with van der Waals surface area (Å²) in [5, 5.41) is 2.03. The van der Waals surface area contributed by atoms with Crippen LogP contribution in [0.15, 0.2) is 0 Å². The summed E-state index contributed by atoms with van der Waals surface area (Å²) < 4.78 is 0. The number of hydrazine groups is 1. The van der Waals surface area contributed by atoms with Gasteiger partial charge in [0.25, 0.3) is 0 Å². The fourth-order valence-electron chi connectivity index (χ4n) is 0.784. The predicted molar refractivity (Wildman–Crippen MR) is 44.7 cm³/mol. The van der Waals surface area contributed by atoms with Crippen molar-refractivity contribution in [2.24, 2.45) is 5.73 Å². The molecule has 0 saturated heterocycles. The van der Waals surface area contributed by atoms with Gasteiger partial charge in [0.2, 0.25) is 5.91 Å². The molecule has 0 radical (unpaired) electrons. The first-order valence-corrected chi connectivity index (χ1v) is 3.97. The zero-order valence-corrected chi connectivity index (χ0v) is 7.26. The molecule has 0 aliphatic heterocycles. The van der Waals surface area contributed by atoms with E-state index in [1.54, 1.807) is 0 Å². The number of rotatable bonds is 6. The van der Waals surface area contributed by atoms with Crippen LogP contribution >= 0.6 is 0 Å². The Bertz CT molecular complexity index is 112. The van der Waals surface area contributed by atoms with E-state index in [1.165, 1.54) is 0 Å². The second-order valence-corrected chi connectivity index (χ2v) is 2.30. The first-order chi connectivity index (χ1) is 5.20. The van der Waals surface area contributed by atoms with E-state index in [1.807, 2.05) is 5.01 Å². The minimum absolute atomic E-state index is 0.260. The zero-order valence-electron chi connectivity index (χ0n) is 7.26. The SMILES string of the molecule is CCN(CC)NCCC(N)=O. The molecule has 1 amide bonds. The summed E-state index contributed by atoms with van der Waals surface area (Å²) in [6, 6.07) is 0. The molecule has 4 heteroatoms. The van der Waals surface area contributed by atoms with Crippen molar-refractivity contribution in [2.75, 3.05) is 19.6 Å². The van der Waals surface area contributed by atoms with Gasteiger partial charge in [0.05, 0.1) is 0 Å². The van der Waals surface area contributed by atoms with Gasteiger partial charge in [-0.15, -0.1) is 0 Å². The van der Waals surface area contributed by atoms with Gasteiger partial charge in [-0.25, -0.2) is 5.01 Å². The topological polar surface area (TPSA) is 58.4 Å². The van der Waals surface area contributed by atoms with Gasteiger partial charge >= 0.3 is 0 Å². The Morgan fingerprint density at radius 1 is 1.45 bits per heavy atom. The van der Waals surface area contributed by atoms with Crippen molar-refractivity contribution in [3.63, 3.8) is 0 Å². The second kappa shape index (κ2) is 6.12. The molecule has 0 spiro atoms. The number of nitrogens with one attached hydrogen (secondary N) is 1. The van der Waals surface area contributed by atoms with Gasteiger partial charge in [0, 0.05) is 26.1 Å². The van der Waals surface area contributed by atoms with Crippen LogP contribution in [0.5, 0.6) is 0 Å². The quantitative estimate of drug-likeness (QED) is 0.523. The lowest BCUT2D eigenvalue weighted by atomic mass is 10.4. The van der Waals surface area contributed by atoms with E-state index in [0.29, 0.717) is 13.0 Å². The van der Waals surface area contributed by atoms with Crippen molar-refractivity contribution < 1.29 is 4.79 Å². The minimum atomic E-state index is -0.260. The summed E-state index contributed by atoms with van der Waals surface area (Å²) in [7, 11) is 0. The third-order valence-electron chi connectivity index (χ3n) is 1.47. The van der Waals surface area contributed by atoms with Crippen LogP contribution in [-0.2, 0) is 4.79 Å². The molecule has 66 valence electrons. The van der Waals surface area contributed by atoms with E-state index in [4.69, 9.17) is 5.73 Å². The van der Waals surface area contributed by atoms with E-state index >= 15 is 0 Å². The Morgan fingerprint density at radius 2 is 2.00 bits per heavy atom. The van der Waals surface area contributed by atoms with Gasteiger partial charge in [0.15, 0.2) is 0 Å². The first kappa shape index (κ1) is 10.4. The molecular weight excluding hydrogens is 142 g/mol. The first-order valence-electron chi connectivity index (χ1n) is 3.97. The number of carbonyl (C=O) groups excluding carboxylic acids is 1. The molecule has 0 aromatic rings. The molecule has 3 N–H and O–H groups in total. The van der Waals surface area contributed by atoms with E-state index in [2.05, 4.69) is 19.3 Å². The van der Waals surface area contributed by atoms with Crippen LogP contribution in [0, 0.1) is 0 Å². The van der Waals surface area contributed by atoms with Gasteiger partial charge < -0.3 is 5.73 Å². The van der Waals surface area contributed by atoms with Gasteiger partial charge in [-0.05, 0) is 0 Å². The van der Waals surface area contributed by atoms with Gasteiger partial charge in [-0.1, -0.05) is 13.8 Å². The molecule has 4 nitrogen and oxygen atoms in total. The van der Waals surface area contributed by atoms with Crippen LogP contribution < -0.4 is 11.2 Å². The number of nitrogens with two attached hydrogens (primary N) is 1. The Hall–Kier alpha value is -0.610. The highest BCUT2D eigenvalue weighted by Gasteiger charge is 1.97. The lowest BCUT2D eigenvalue weighted by Gasteiger charge is -2.18. The third-order valence-corrected chi connectivity index (χ3v) is 1.47. The van der Waals surface area contributed by atoms with Crippen molar-refractivity contribution in [3.8, 4) is 0 Å². The molecule has 0 bridgehead atoms. The Kier molecular flexibility index (Phi) is 5.78. The number of hydrogen-bond acceptors (Lipinski definition) is 3. The van der Waals surface area contributed by atoms with Crippen molar-refractivity contribution >= 4 is 5.91 Å². The maximum Gasteiger partial charge on any atom is 0.218 e. The summed E-state index contributed by atoms with van der Waals surface area (Å²) >= 11 is 0. The van der Waals surface area contributed by atoms with E-state index < -0.39 is 0 Å². The number of hydrogen-bond donors (Lipinski definition) is 2. The van der Waals surface area contributed by atoms with E-state index in [-0.39, 0.29) is 5.91 Å². The highest BCUT2D eigenvalue weighted by Crippen LogP contribution is 1.80. The number of amides is 1. The second-order valence-electron chi connectivity index (χ2n) is 2.30. The molecular formula is C7H17N3O. The highest BCUT2D eigenvalue weighted by atomic mass is 16.1. The summed E-state index contributed by atoms with van der Waals surface area (Å²) in [6.45, 7) is 6.63. The molecule has 0 aromatic carbocycles. The third kappa shape index (κ3) is 5.82. The van der Waals surface area contributed by atoms with Crippen LogP contribution in [0.4, 0.5) is 0 Å². The minimum Gasteiger partial charge on any atom is -0.370 e. The normalized spacial score (nSPS) is 10.5. The van der Waals surface area contributed by atoms with Crippen molar-refractivity contribution in [2.45, 2.75) is 20.3 Å². The molecule has 0 aliphatic carbocycles. The van der Waals surface area contributed by atoms with Gasteiger partial charge in [-0.2, -0.15) is 0 Å². The Morgan fingerprint density at radius 3 is 2.36 bits per heavy atom. The lowest BCUT2D eigenvalue weighted by molar-refractivity contribution is -0.118. The largest absolute Gasteiger partial charge is 0.370 e. The highest BCUT2D eigenvalue weighted by molar-refractivity contribution is 5.73. The predicted octanol–water partition coefficient (Wildman–Crippen LogP) is -0.292. The maximum absolute atomic E-state index is 10.3. The van der Waals surface area contributed by atoms with E-state index in [0.717, 1.165) is 13.1 Å². The molecule has 0 rings (SSSR count). The number of nitrogens with zero attached hydrogens (tertiary/aromatic N) is 1. The molecule has 0 atom stereocenters. The van der Waals surface area contributed by atoms with E-state index in [9.17, 15) is 4.79 Å². The summed E-state index contributed by atoms with van der Waals surface area (Å²) in [4.78, 5) is 10.3. The molecule has 11 heavy (non-hydrogen) atoms. The van der Waals surface area contributed by atoms with Crippen LogP contribution in [-0.4, -0.2) is 30.6 Å². The molecule has 0 aliphatic rings. The van der Waals surface area contributed by atoms with Crippen molar-refractivity contribution in [1.82, 2.24) is 10.4 Å². The lowest BCUT2D eigenvalue weighted by Crippen LogP contribution is -2.39. The molecule has 0 unspecified atom stereocenters. The molecule has 0 heterocycles. The van der Waals surface area contributed by atoms with Crippen LogP contribution in [0.3, 0.4) is 0 Å². The monoisotopic (exact) mass is 159 g/mol.